The van der Waals surface area contributed by atoms with Crippen molar-refractivity contribution in [2.45, 2.75) is 13.1 Å². The van der Waals surface area contributed by atoms with Crippen molar-refractivity contribution >= 4 is 0 Å². The Balaban J connectivity index is 2.52. The maximum atomic E-state index is 3.07. The summed E-state index contributed by atoms with van der Waals surface area (Å²) in [7, 11) is 5.95. The second-order valence-corrected chi connectivity index (χ2v) is 2.52. The number of hydrogen-bond acceptors (Lipinski definition) is 5. The largest absolute Gasteiger partial charge is 0.225 e. The van der Waals surface area contributed by atoms with Gasteiger partial charge in [-0.05, 0) is 6.92 Å². The van der Waals surface area contributed by atoms with E-state index in [9.17, 15) is 0 Å². The lowest BCUT2D eigenvalue weighted by Gasteiger charge is -2.44. The zero-order valence-electron chi connectivity index (χ0n) is 6.92. The lowest BCUT2D eigenvalue weighted by Crippen LogP contribution is -2.69. The quantitative estimate of drug-likeness (QED) is 0.456. The third-order valence-corrected chi connectivity index (χ3v) is 1.89. The van der Waals surface area contributed by atoms with E-state index in [2.05, 4.69) is 22.9 Å². The molecule has 0 amide bonds. The van der Waals surface area contributed by atoms with Crippen LogP contribution in [0.15, 0.2) is 0 Å². The van der Waals surface area contributed by atoms with Gasteiger partial charge in [-0.3, -0.25) is 0 Å². The van der Waals surface area contributed by atoms with Gasteiger partial charge in [-0.15, -0.1) is 0 Å². The SMILES string of the molecule is CC1NNN(C)N(C)N1C. The number of nitrogens with one attached hydrogen (secondary N) is 2. The molecular formula is C5H15N5. The molecule has 0 aliphatic carbocycles. The van der Waals surface area contributed by atoms with Crippen LogP contribution in [0.25, 0.3) is 0 Å². The van der Waals surface area contributed by atoms with Crippen LogP contribution >= 0.6 is 0 Å². The first kappa shape index (κ1) is 7.90. The summed E-state index contributed by atoms with van der Waals surface area (Å²) in [6, 6.07) is 0. The van der Waals surface area contributed by atoms with Gasteiger partial charge in [0.25, 0.3) is 0 Å². The van der Waals surface area contributed by atoms with Crippen molar-refractivity contribution in [1.29, 1.82) is 0 Å². The molecule has 0 aromatic rings. The fraction of sp³-hybridized carbons (Fsp3) is 1.00. The Morgan fingerprint density at radius 2 is 1.80 bits per heavy atom. The minimum Gasteiger partial charge on any atom is -0.225 e. The molecule has 5 nitrogen and oxygen atoms in total. The van der Waals surface area contributed by atoms with Gasteiger partial charge in [0.05, 0.1) is 6.17 Å². The molecule has 0 saturated carbocycles. The molecule has 0 aromatic heterocycles. The van der Waals surface area contributed by atoms with Gasteiger partial charge in [0.2, 0.25) is 0 Å². The zero-order valence-corrected chi connectivity index (χ0v) is 6.92. The molecule has 0 bridgehead atoms. The third-order valence-electron chi connectivity index (χ3n) is 1.89. The predicted molar refractivity (Wildman–Crippen MR) is 39.0 cm³/mol. The standard InChI is InChI=1S/C5H15N5/c1-5-6-7-9(3)10(4)8(5)2/h5-7H,1-4H3. The summed E-state index contributed by atoms with van der Waals surface area (Å²) in [5.41, 5.74) is 6.05. The van der Waals surface area contributed by atoms with E-state index in [1.54, 1.807) is 0 Å². The maximum Gasteiger partial charge on any atom is 0.0858 e. The van der Waals surface area contributed by atoms with Crippen molar-refractivity contribution in [2.24, 2.45) is 0 Å². The molecule has 1 aliphatic heterocycles. The van der Waals surface area contributed by atoms with Gasteiger partial charge in [-0.1, -0.05) is 0 Å². The van der Waals surface area contributed by atoms with E-state index in [0.717, 1.165) is 0 Å². The van der Waals surface area contributed by atoms with Crippen LogP contribution in [-0.4, -0.2) is 42.6 Å². The first-order valence-corrected chi connectivity index (χ1v) is 3.34. The highest BCUT2D eigenvalue weighted by Crippen LogP contribution is 2.00. The van der Waals surface area contributed by atoms with Crippen LogP contribution in [0.5, 0.6) is 0 Å². The van der Waals surface area contributed by atoms with E-state index in [0.29, 0.717) is 6.17 Å². The molecule has 1 fully saturated rings. The van der Waals surface area contributed by atoms with Crippen molar-refractivity contribution in [3.63, 3.8) is 0 Å². The Bertz CT molecular complexity index is 103. The van der Waals surface area contributed by atoms with E-state index in [4.69, 9.17) is 0 Å². The molecule has 1 unspecified atom stereocenters. The number of hydrazine groups is 4. The summed E-state index contributed by atoms with van der Waals surface area (Å²) in [6.45, 7) is 2.08. The molecule has 0 radical (unpaired) electrons. The van der Waals surface area contributed by atoms with Crippen molar-refractivity contribution in [2.75, 3.05) is 21.1 Å². The van der Waals surface area contributed by atoms with Crippen molar-refractivity contribution in [1.82, 2.24) is 26.2 Å². The number of rotatable bonds is 0. The van der Waals surface area contributed by atoms with Gasteiger partial charge in [0, 0.05) is 21.1 Å². The minimum atomic E-state index is 0.321. The zero-order chi connectivity index (χ0) is 7.72. The number of hydrogen-bond donors (Lipinski definition) is 2. The minimum absolute atomic E-state index is 0.321. The Morgan fingerprint density at radius 1 is 1.20 bits per heavy atom. The van der Waals surface area contributed by atoms with Gasteiger partial charge in [0.15, 0.2) is 0 Å². The molecule has 1 aliphatic rings. The Hall–Kier alpha value is -0.200. The van der Waals surface area contributed by atoms with E-state index in [-0.39, 0.29) is 0 Å². The van der Waals surface area contributed by atoms with E-state index >= 15 is 0 Å². The first-order chi connectivity index (χ1) is 4.63. The smallest absolute Gasteiger partial charge is 0.0858 e. The highest BCUT2D eigenvalue weighted by atomic mass is 16.0. The molecule has 2 N–H and O–H groups in total. The summed E-state index contributed by atoms with van der Waals surface area (Å²) >= 11 is 0. The van der Waals surface area contributed by atoms with Gasteiger partial charge in [-0.25, -0.2) is 10.4 Å². The summed E-state index contributed by atoms with van der Waals surface area (Å²) in [6.07, 6.45) is 0.321. The van der Waals surface area contributed by atoms with Crippen LogP contribution < -0.4 is 11.0 Å². The average Bonchev–Trinajstić information content (AvgIpc) is 1.93. The Morgan fingerprint density at radius 3 is 2.30 bits per heavy atom. The third kappa shape index (κ3) is 1.28. The van der Waals surface area contributed by atoms with E-state index < -0.39 is 0 Å². The van der Waals surface area contributed by atoms with Crippen LogP contribution in [0.2, 0.25) is 0 Å². The normalized spacial score (nSPS) is 33.0. The molecule has 1 atom stereocenters. The molecule has 0 spiro atoms. The van der Waals surface area contributed by atoms with Gasteiger partial charge in [0.1, 0.15) is 0 Å². The predicted octanol–water partition coefficient (Wildman–Crippen LogP) is -1.02. The van der Waals surface area contributed by atoms with Gasteiger partial charge >= 0.3 is 0 Å². The van der Waals surface area contributed by atoms with Crippen molar-refractivity contribution < 1.29 is 0 Å². The summed E-state index contributed by atoms with van der Waals surface area (Å²) in [5.74, 6) is 0. The molecule has 1 saturated heterocycles. The van der Waals surface area contributed by atoms with Gasteiger partial charge < -0.3 is 0 Å². The van der Waals surface area contributed by atoms with Crippen LogP contribution in [0, 0.1) is 0 Å². The average molecular weight is 145 g/mol. The Kier molecular flexibility index (Phi) is 2.22. The van der Waals surface area contributed by atoms with Crippen LogP contribution in [0.1, 0.15) is 6.92 Å². The topological polar surface area (TPSA) is 33.8 Å². The van der Waals surface area contributed by atoms with Crippen molar-refractivity contribution in [3.8, 4) is 0 Å². The second-order valence-electron chi connectivity index (χ2n) is 2.52. The fourth-order valence-electron chi connectivity index (χ4n) is 0.815. The Labute approximate surface area is 61.5 Å². The second kappa shape index (κ2) is 2.81. The van der Waals surface area contributed by atoms with E-state index in [1.165, 1.54) is 0 Å². The molecule has 60 valence electrons. The maximum absolute atomic E-state index is 3.07. The van der Waals surface area contributed by atoms with Gasteiger partial charge in [-0.2, -0.15) is 15.8 Å². The molecular weight excluding hydrogens is 130 g/mol. The van der Waals surface area contributed by atoms with Crippen LogP contribution in [0.3, 0.4) is 0 Å². The summed E-state index contributed by atoms with van der Waals surface area (Å²) in [5, 5.41) is 5.93. The molecule has 0 aromatic carbocycles. The monoisotopic (exact) mass is 145 g/mol. The van der Waals surface area contributed by atoms with Crippen LogP contribution in [0.4, 0.5) is 0 Å². The summed E-state index contributed by atoms with van der Waals surface area (Å²) < 4.78 is 0. The highest BCUT2D eigenvalue weighted by molar-refractivity contribution is 4.56. The first-order valence-electron chi connectivity index (χ1n) is 3.34. The highest BCUT2D eigenvalue weighted by Gasteiger charge is 2.21. The fourth-order valence-corrected chi connectivity index (χ4v) is 0.815. The lowest BCUT2D eigenvalue weighted by molar-refractivity contribution is -0.238. The number of nitrogens with zero attached hydrogens (tertiary/aromatic N) is 3. The molecule has 1 rings (SSSR count). The molecule has 5 heteroatoms. The molecule has 1 heterocycles. The van der Waals surface area contributed by atoms with Crippen molar-refractivity contribution in [3.05, 3.63) is 0 Å². The van der Waals surface area contributed by atoms with E-state index in [1.807, 2.05) is 31.4 Å². The lowest BCUT2D eigenvalue weighted by atomic mass is 10.6. The van der Waals surface area contributed by atoms with Crippen LogP contribution in [-0.2, 0) is 0 Å². The molecule has 10 heavy (non-hydrogen) atoms. The summed E-state index contributed by atoms with van der Waals surface area (Å²) in [4.78, 5) is 0.